The molecule has 1 amide bonds. The third kappa shape index (κ3) is 6.08. The summed E-state index contributed by atoms with van der Waals surface area (Å²) >= 11 is 5.71. The maximum atomic E-state index is 12.3. The van der Waals surface area contributed by atoms with E-state index in [4.69, 9.17) is 21.4 Å². The number of nitrogens with zero attached hydrogens (tertiary/aromatic N) is 1. The van der Waals surface area contributed by atoms with Gasteiger partial charge in [-0.15, -0.1) is 0 Å². The van der Waals surface area contributed by atoms with E-state index in [1.54, 1.807) is 0 Å². The molecule has 0 saturated carbocycles. The van der Waals surface area contributed by atoms with Gasteiger partial charge in [-0.2, -0.15) is 4.72 Å². The number of carboxylic acids is 1. The number of benzene rings is 1. The van der Waals surface area contributed by atoms with Gasteiger partial charge < -0.3 is 14.7 Å². The molecule has 0 fully saturated rings. The lowest BCUT2D eigenvalue weighted by Crippen LogP contribution is -2.49. The zero-order valence-electron chi connectivity index (χ0n) is 13.2. The molecule has 10 heteroatoms. The first kappa shape index (κ1) is 20.4. The Morgan fingerprint density at radius 1 is 1.33 bits per heavy atom. The van der Waals surface area contributed by atoms with Crippen LogP contribution >= 0.6 is 11.6 Å². The van der Waals surface area contributed by atoms with E-state index in [1.807, 2.05) is 0 Å². The van der Waals surface area contributed by atoms with E-state index >= 15 is 0 Å². The number of nitrogens with one attached hydrogen (secondary N) is 1. The van der Waals surface area contributed by atoms with Gasteiger partial charge in [0.2, 0.25) is 15.9 Å². The molecule has 0 heterocycles. The highest BCUT2D eigenvalue weighted by molar-refractivity contribution is 7.89. The van der Waals surface area contributed by atoms with Crippen LogP contribution in [0.4, 0.5) is 0 Å². The Bertz CT molecular complexity index is 677. The number of ether oxygens (including phenoxy) is 1. The molecular formula is C14H19ClN2O6S. The van der Waals surface area contributed by atoms with Crippen molar-refractivity contribution in [1.29, 1.82) is 0 Å². The highest BCUT2D eigenvalue weighted by Gasteiger charge is 2.26. The van der Waals surface area contributed by atoms with Crippen LogP contribution in [0.5, 0.6) is 0 Å². The minimum absolute atomic E-state index is 0.0364. The molecule has 1 rings (SSSR count). The van der Waals surface area contributed by atoms with Gasteiger partial charge in [-0.1, -0.05) is 11.6 Å². The Hall–Kier alpha value is -1.68. The second kappa shape index (κ2) is 8.97. The van der Waals surface area contributed by atoms with Crippen molar-refractivity contribution in [2.75, 3.05) is 26.8 Å². The molecular weight excluding hydrogens is 360 g/mol. The number of sulfonamides is 1. The molecule has 2 N–H and O–H groups in total. The molecule has 1 atom stereocenters. The summed E-state index contributed by atoms with van der Waals surface area (Å²) in [6, 6.07) is 4.31. The number of methoxy groups -OCH3 is 1. The van der Waals surface area contributed by atoms with Gasteiger partial charge >= 0.3 is 5.97 Å². The number of hydrogen-bond acceptors (Lipinski definition) is 5. The topological polar surface area (TPSA) is 113 Å². The molecule has 1 unspecified atom stereocenters. The summed E-state index contributed by atoms with van der Waals surface area (Å²) in [5.74, 6) is -1.86. The maximum Gasteiger partial charge on any atom is 0.323 e. The number of rotatable bonds is 9. The molecule has 0 aliphatic rings. The van der Waals surface area contributed by atoms with E-state index in [1.165, 1.54) is 38.3 Å². The molecule has 1 aromatic rings. The predicted molar refractivity (Wildman–Crippen MR) is 87.3 cm³/mol. The molecule has 134 valence electrons. The minimum atomic E-state index is -3.94. The van der Waals surface area contributed by atoms with Crippen molar-refractivity contribution in [3.8, 4) is 0 Å². The van der Waals surface area contributed by atoms with Gasteiger partial charge in [-0.05, 0) is 31.2 Å². The first-order valence-corrected chi connectivity index (χ1v) is 8.81. The fourth-order valence-corrected chi connectivity index (χ4v) is 3.19. The van der Waals surface area contributed by atoms with Crippen LogP contribution in [-0.4, -0.2) is 63.1 Å². The number of amides is 1. The Kier molecular flexibility index (Phi) is 7.61. The van der Waals surface area contributed by atoms with Crippen molar-refractivity contribution in [1.82, 2.24) is 9.62 Å². The first-order chi connectivity index (χ1) is 11.2. The Balaban J connectivity index is 2.86. The van der Waals surface area contributed by atoms with Crippen molar-refractivity contribution < 1.29 is 27.9 Å². The third-order valence-corrected chi connectivity index (χ3v) is 4.84. The van der Waals surface area contributed by atoms with Crippen LogP contribution in [0.3, 0.4) is 0 Å². The molecule has 0 aromatic heterocycles. The average molecular weight is 379 g/mol. The van der Waals surface area contributed by atoms with Crippen LogP contribution in [0.25, 0.3) is 0 Å². The number of aliphatic carboxylic acids is 1. The van der Waals surface area contributed by atoms with E-state index in [-0.39, 0.29) is 18.0 Å². The van der Waals surface area contributed by atoms with Gasteiger partial charge in [-0.3, -0.25) is 9.59 Å². The Morgan fingerprint density at radius 3 is 2.42 bits per heavy atom. The second-order valence-electron chi connectivity index (χ2n) is 4.94. The third-order valence-electron chi connectivity index (χ3n) is 3.03. The van der Waals surface area contributed by atoms with Crippen LogP contribution < -0.4 is 4.72 Å². The number of carbonyl (C=O) groups is 2. The number of carboxylic acid groups (broad SMARTS) is 1. The monoisotopic (exact) mass is 378 g/mol. The van der Waals surface area contributed by atoms with Crippen molar-refractivity contribution in [2.45, 2.75) is 17.9 Å². The summed E-state index contributed by atoms with van der Waals surface area (Å²) in [7, 11) is -2.53. The zero-order valence-corrected chi connectivity index (χ0v) is 14.8. The summed E-state index contributed by atoms with van der Waals surface area (Å²) in [4.78, 5) is 24.1. The van der Waals surface area contributed by atoms with E-state index in [9.17, 15) is 18.0 Å². The smallest absolute Gasteiger partial charge is 0.323 e. The van der Waals surface area contributed by atoms with E-state index < -0.39 is 34.5 Å². The summed E-state index contributed by atoms with van der Waals surface area (Å²) < 4.78 is 31.6. The number of carbonyl (C=O) groups excluding carboxylic acids is 1. The SMILES string of the molecule is COCCN(CC(=O)O)C(=O)C(C)NS(=O)(=O)c1ccc(Cl)cc1. The van der Waals surface area contributed by atoms with Gasteiger partial charge in [0.1, 0.15) is 6.54 Å². The Morgan fingerprint density at radius 2 is 1.92 bits per heavy atom. The molecule has 24 heavy (non-hydrogen) atoms. The average Bonchev–Trinajstić information content (AvgIpc) is 2.50. The zero-order chi connectivity index (χ0) is 18.3. The van der Waals surface area contributed by atoms with Crippen LogP contribution in [-0.2, 0) is 24.3 Å². The van der Waals surface area contributed by atoms with Gasteiger partial charge in [0.25, 0.3) is 0 Å². The maximum absolute atomic E-state index is 12.3. The van der Waals surface area contributed by atoms with E-state index in [2.05, 4.69) is 4.72 Å². The van der Waals surface area contributed by atoms with E-state index in [0.29, 0.717) is 5.02 Å². The van der Waals surface area contributed by atoms with Crippen molar-refractivity contribution >= 4 is 33.5 Å². The molecule has 0 aliphatic heterocycles. The van der Waals surface area contributed by atoms with Crippen LogP contribution in [0.15, 0.2) is 29.2 Å². The highest BCUT2D eigenvalue weighted by atomic mass is 35.5. The molecule has 8 nitrogen and oxygen atoms in total. The quantitative estimate of drug-likeness (QED) is 0.649. The summed E-state index contributed by atoms with van der Waals surface area (Å²) in [6.45, 7) is 0.969. The molecule has 0 bridgehead atoms. The van der Waals surface area contributed by atoms with Crippen molar-refractivity contribution in [3.05, 3.63) is 29.3 Å². The van der Waals surface area contributed by atoms with Crippen molar-refractivity contribution in [2.24, 2.45) is 0 Å². The molecule has 0 spiro atoms. The van der Waals surface area contributed by atoms with Crippen LogP contribution in [0.2, 0.25) is 5.02 Å². The summed E-state index contributed by atoms with van der Waals surface area (Å²) in [5, 5.41) is 9.24. The van der Waals surface area contributed by atoms with Crippen LogP contribution in [0.1, 0.15) is 6.92 Å². The molecule has 0 saturated heterocycles. The summed E-state index contributed by atoms with van der Waals surface area (Å²) in [6.07, 6.45) is 0. The molecule has 0 aliphatic carbocycles. The largest absolute Gasteiger partial charge is 0.480 e. The van der Waals surface area contributed by atoms with Gasteiger partial charge in [0.15, 0.2) is 0 Å². The fraction of sp³-hybridized carbons (Fsp3) is 0.429. The lowest BCUT2D eigenvalue weighted by atomic mass is 10.3. The van der Waals surface area contributed by atoms with Crippen LogP contribution in [0, 0.1) is 0 Å². The molecule has 0 radical (unpaired) electrons. The summed E-state index contributed by atoms with van der Waals surface area (Å²) in [5.41, 5.74) is 0. The fourth-order valence-electron chi connectivity index (χ4n) is 1.87. The lowest BCUT2D eigenvalue weighted by molar-refractivity contribution is -0.145. The highest BCUT2D eigenvalue weighted by Crippen LogP contribution is 2.14. The van der Waals surface area contributed by atoms with Gasteiger partial charge in [0, 0.05) is 18.7 Å². The van der Waals surface area contributed by atoms with Gasteiger partial charge in [0.05, 0.1) is 17.5 Å². The second-order valence-corrected chi connectivity index (χ2v) is 7.09. The Labute approximate surface area is 145 Å². The van der Waals surface area contributed by atoms with Gasteiger partial charge in [-0.25, -0.2) is 8.42 Å². The van der Waals surface area contributed by atoms with Crippen molar-refractivity contribution in [3.63, 3.8) is 0 Å². The normalized spacial score (nSPS) is 12.6. The lowest BCUT2D eigenvalue weighted by Gasteiger charge is -2.24. The van der Waals surface area contributed by atoms with E-state index in [0.717, 1.165) is 4.90 Å². The number of hydrogen-bond donors (Lipinski definition) is 2. The minimum Gasteiger partial charge on any atom is -0.480 e. The standard InChI is InChI=1S/C14H19ClN2O6S/c1-10(14(20)17(7-8-23-2)9-13(18)19)16-24(21,22)12-5-3-11(15)4-6-12/h3-6,10,16H,7-9H2,1-2H3,(H,18,19). The predicted octanol–water partition coefficient (Wildman–Crippen LogP) is 0.566. The molecule has 1 aromatic carbocycles. The first-order valence-electron chi connectivity index (χ1n) is 6.95. The number of halogens is 1.